The van der Waals surface area contributed by atoms with E-state index in [9.17, 15) is 4.39 Å². The number of hydrogen-bond donors (Lipinski definition) is 1. The Bertz CT molecular complexity index is 628. The van der Waals surface area contributed by atoms with Gasteiger partial charge >= 0.3 is 0 Å². The molecule has 2 N–H and O–H groups in total. The maximum Gasteiger partial charge on any atom is 0.144 e. The van der Waals surface area contributed by atoms with Crippen LogP contribution in [0.15, 0.2) is 36.4 Å². The van der Waals surface area contributed by atoms with Crippen LogP contribution < -0.4 is 10.6 Å². The minimum atomic E-state index is -0.426. The standard InChI is InChI=1S/C15H14ClFN2/c16-12-7-14(18)15(8-13(12)17)19-6-5-10-3-1-2-4-11(10)9-19/h1-4,7-8H,5-6,9,18H2. The molecule has 2 nitrogen and oxygen atoms in total. The largest absolute Gasteiger partial charge is 0.397 e. The van der Waals surface area contributed by atoms with E-state index in [4.69, 9.17) is 17.3 Å². The van der Waals surface area contributed by atoms with Gasteiger partial charge in [-0.3, -0.25) is 0 Å². The van der Waals surface area contributed by atoms with Gasteiger partial charge in [0.15, 0.2) is 0 Å². The van der Waals surface area contributed by atoms with Gasteiger partial charge in [-0.25, -0.2) is 4.39 Å². The number of anilines is 2. The predicted molar refractivity (Wildman–Crippen MR) is 77.0 cm³/mol. The molecule has 0 unspecified atom stereocenters. The quantitative estimate of drug-likeness (QED) is 0.806. The molecule has 1 aliphatic heterocycles. The average molecular weight is 277 g/mol. The summed E-state index contributed by atoms with van der Waals surface area (Å²) in [7, 11) is 0. The van der Waals surface area contributed by atoms with Crippen LogP contribution in [0.1, 0.15) is 11.1 Å². The number of fused-ring (bicyclic) bond motifs is 1. The number of nitrogen functional groups attached to an aromatic ring is 1. The van der Waals surface area contributed by atoms with Crippen LogP contribution in [0.2, 0.25) is 5.02 Å². The van der Waals surface area contributed by atoms with Crippen molar-refractivity contribution in [3.63, 3.8) is 0 Å². The first-order chi connectivity index (χ1) is 9.15. The van der Waals surface area contributed by atoms with Gasteiger partial charge in [-0.1, -0.05) is 35.9 Å². The Kier molecular flexibility index (Phi) is 3.07. The maximum absolute atomic E-state index is 13.6. The van der Waals surface area contributed by atoms with Gasteiger partial charge in [-0.2, -0.15) is 0 Å². The third-order valence-corrected chi connectivity index (χ3v) is 3.83. The van der Waals surface area contributed by atoms with Gasteiger partial charge in [0.1, 0.15) is 5.82 Å². The summed E-state index contributed by atoms with van der Waals surface area (Å²) in [5.41, 5.74) is 9.81. The summed E-state index contributed by atoms with van der Waals surface area (Å²) in [4.78, 5) is 2.09. The molecule has 0 atom stereocenters. The first-order valence-electron chi connectivity index (χ1n) is 6.21. The average Bonchev–Trinajstić information content (AvgIpc) is 2.42. The smallest absolute Gasteiger partial charge is 0.144 e. The zero-order valence-corrected chi connectivity index (χ0v) is 11.1. The van der Waals surface area contributed by atoms with Crippen LogP contribution in [-0.2, 0) is 13.0 Å². The van der Waals surface area contributed by atoms with Gasteiger partial charge in [0.05, 0.1) is 16.4 Å². The van der Waals surface area contributed by atoms with Crippen molar-refractivity contribution in [1.82, 2.24) is 0 Å². The van der Waals surface area contributed by atoms with E-state index in [-0.39, 0.29) is 5.02 Å². The van der Waals surface area contributed by atoms with Crippen LogP contribution in [0.25, 0.3) is 0 Å². The highest BCUT2D eigenvalue weighted by molar-refractivity contribution is 6.31. The van der Waals surface area contributed by atoms with E-state index >= 15 is 0 Å². The second kappa shape index (κ2) is 4.74. The maximum atomic E-state index is 13.6. The first kappa shape index (κ1) is 12.3. The predicted octanol–water partition coefficient (Wildman–Crippen LogP) is 3.62. The van der Waals surface area contributed by atoms with Crippen molar-refractivity contribution in [3.05, 3.63) is 58.4 Å². The third kappa shape index (κ3) is 2.26. The normalized spacial score (nSPS) is 14.3. The fourth-order valence-corrected chi connectivity index (χ4v) is 2.70. The molecular formula is C15H14ClFN2. The molecule has 1 aliphatic rings. The highest BCUT2D eigenvalue weighted by atomic mass is 35.5. The zero-order valence-electron chi connectivity index (χ0n) is 10.4. The van der Waals surface area contributed by atoms with E-state index in [1.165, 1.54) is 23.3 Å². The molecule has 0 spiro atoms. The first-order valence-corrected chi connectivity index (χ1v) is 6.59. The number of nitrogens with zero attached hydrogens (tertiary/aromatic N) is 1. The molecule has 0 aliphatic carbocycles. The summed E-state index contributed by atoms with van der Waals surface area (Å²) in [5.74, 6) is -0.426. The van der Waals surface area contributed by atoms with E-state index in [1.807, 2.05) is 12.1 Å². The molecule has 0 saturated carbocycles. The highest BCUT2D eigenvalue weighted by Crippen LogP contribution is 2.32. The zero-order chi connectivity index (χ0) is 13.4. The molecule has 0 amide bonds. The van der Waals surface area contributed by atoms with Gasteiger partial charge in [0, 0.05) is 19.2 Å². The van der Waals surface area contributed by atoms with E-state index in [0.29, 0.717) is 5.69 Å². The van der Waals surface area contributed by atoms with Gasteiger partial charge < -0.3 is 10.6 Å². The Hall–Kier alpha value is -1.74. The van der Waals surface area contributed by atoms with Crippen molar-refractivity contribution in [3.8, 4) is 0 Å². The molecule has 0 aromatic heterocycles. The number of rotatable bonds is 1. The van der Waals surface area contributed by atoms with Crippen LogP contribution in [-0.4, -0.2) is 6.54 Å². The summed E-state index contributed by atoms with van der Waals surface area (Å²) in [6.07, 6.45) is 0.944. The number of benzene rings is 2. The Morgan fingerprint density at radius 3 is 2.68 bits per heavy atom. The van der Waals surface area contributed by atoms with Crippen LogP contribution in [0.3, 0.4) is 0 Å². The minimum Gasteiger partial charge on any atom is -0.397 e. The second-order valence-electron chi connectivity index (χ2n) is 4.77. The van der Waals surface area contributed by atoms with Crippen molar-refractivity contribution >= 4 is 23.0 Å². The van der Waals surface area contributed by atoms with E-state index < -0.39 is 5.82 Å². The molecule has 2 aromatic carbocycles. The topological polar surface area (TPSA) is 29.3 Å². The van der Waals surface area contributed by atoms with Crippen LogP contribution in [0, 0.1) is 5.82 Å². The summed E-state index contributed by atoms with van der Waals surface area (Å²) in [6, 6.07) is 11.2. The van der Waals surface area contributed by atoms with Crippen molar-refractivity contribution in [2.24, 2.45) is 0 Å². The Balaban J connectivity index is 1.95. The van der Waals surface area contributed by atoms with Crippen LogP contribution in [0.4, 0.5) is 15.8 Å². The molecule has 1 heterocycles. The summed E-state index contributed by atoms with van der Waals surface area (Å²) < 4.78 is 13.6. The fraction of sp³-hybridized carbons (Fsp3) is 0.200. The lowest BCUT2D eigenvalue weighted by Gasteiger charge is -2.31. The molecule has 0 bridgehead atoms. The minimum absolute atomic E-state index is 0.0682. The molecule has 3 rings (SSSR count). The highest BCUT2D eigenvalue weighted by Gasteiger charge is 2.19. The van der Waals surface area contributed by atoms with E-state index in [2.05, 4.69) is 17.0 Å². The molecule has 19 heavy (non-hydrogen) atoms. The monoisotopic (exact) mass is 276 g/mol. The molecule has 0 radical (unpaired) electrons. The van der Waals surface area contributed by atoms with Crippen molar-refractivity contribution < 1.29 is 4.39 Å². The SMILES string of the molecule is Nc1cc(Cl)c(F)cc1N1CCc2ccccc2C1. The Morgan fingerprint density at radius 1 is 1.16 bits per heavy atom. The van der Waals surface area contributed by atoms with Crippen molar-refractivity contribution in [2.45, 2.75) is 13.0 Å². The number of nitrogens with two attached hydrogens (primary N) is 1. The Labute approximate surface area is 116 Å². The molecule has 4 heteroatoms. The Morgan fingerprint density at radius 2 is 1.89 bits per heavy atom. The van der Waals surface area contributed by atoms with Gasteiger partial charge in [-0.15, -0.1) is 0 Å². The van der Waals surface area contributed by atoms with Crippen molar-refractivity contribution in [1.29, 1.82) is 0 Å². The molecule has 0 fully saturated rings. The molecule has 98 valence electrons. The lowest BCUT2D eigenvalue weighted by atomic mass is 9.99. The third-order valence-electron chi connectivity index (χ3n) is 3.54. The second-order valence-corrected chi connectivity index (χ2v) is 5.17. The van der Waals surface area contributed by atoms with E-state index in [0.717, 1.165) is 25.2 Å². The lowest BCUT2D eigenvalue weighted by Crippen LogP contribution is -2.30. The van der Waals surface area contributed by atoms with Gasteiger partial charge in [0.2, 0.25) is 0 Å². The summed E-state index contributed by atoms with van der Waals surface area (Å²) in [5, 5.41) is 0.0682. The van der Waals surface area contributed by atoms with Crippen LogP contribution >= 0.6 is 11.6 Å². The lowest BCUT2D eigenvalue weighted by molar-refractivity contribution is 0.626. The number of hydrogen-bond acceptors (Lipinski definition) is 2. The van der Waals surface area contributed by atoms with E-state index in [1.54, 1.807) is 0 Å². The van der Waals surface area contributed by atoms with Crippen molar-refractivity contribution in [2.75, 3.05) is 17.2 Å². The molecular weight excluding hydrogens is 263 g/mol. The summed E-state index contributed by atoms with van der Waals surface area (Å²) in [6.45, 7) is 1.59. The fourth-order valence-electron chi connectivity index (χ4n) is 2.53. The van der Waals surface area contributed by atoms with Gasteiger partial charge in [0.25, 0.3) is 0 Å². The molecule has 0 saturated heterocycles. The summed E-state index contributed by atoms with van der Waals surface area (Å²) >= 11 is 5.73. The van der Waals surface area contributed by atoms with Crippen LogP contribution in [0.5, 0.6) is 0 Å². The molecule has 2 aromatic rings. The van der Waals surface area contributed by atoms with Gasteiger partial charge in [-0.05, 0) is 23.6 Å². The number of halogens is 2.